The van der Waals surface area contributed by atoms with Crippen molar-refractivity contribution in [1.29, 1.82) is 0 Å². The molecular formula is C23H18O5. The number of fused-ring (bicyclic) bond motifs is 1. The van der Waals surface area contributed by atoms with Crippen molar-refractivity contribution in [2.45, 2.75) is 6.61 Å². The van der Waals surface area contributed by atoms with E-state index in [1.54, 1.807) is 30.3 Å². The fourth-order valence-corrected chi connectivity index (χ4v) is 2.93. The maximum absolute atomic E-state index is 12.9. The molecule has 4 rings (SSSR count). The van der Waals surface area contributed by atoms with Crippen LogP contribution in [-0.4, -0.2) is 13.1 Å². The molecule has 0 unspecified atom stereocenters. The Kier molecular flexibility index (Phi) is 4.97. The maximum Gasteiger partial charge on any atom is 0.380 e. The first-order valence-corrected chi connectivity index (χ1v) is 8.79. The smallest absolute Gasteiger partial charge is 0.380 e. The Morgan fingerprint density at radius 1 is 0.857 bits per heavy atom. The van der Waals surface area contributed by atoms with Crippen LogP contribution in [0, 0.1) is 0 Å². The molecular weight excluding hydrogens is 356 g/mol. The van der Waals surface area contributed by atoms with Crippen molar-refractivity contribution in [3.63, 3.8) is 0 Å². The van der Waals surface area contributed by atoms with Gasteiger partial charge in [0.05, 0.1) is 12.7 Å². The second-order valence-electron chi connectivity index (χ2n) is 6.05. The van der Waals surface area contributed by atoms with E-state index in [1.165, 1.54) is 7.11 Å². The molecule has 0 spiro atoms. The molecule has 1 aromatic heterocycles. The molecule has 28 heavy (non-hydrogen) atoms. The van der Waals surface area contributed by atoms with E-state index in [4.69, 9.17) is 18.6 Å². The highest BCUT2D eigenvalue weighted by Crippen LogP contribution is 2.31. The molecule has 0 atom stereocenters. The molecule has 0 N–H and O–H groups in total. The summed E-state index contributed by atoms with van der Waals surface area (Å²) in [5, 5.41) is 0.811. The van der Waals surface area contributed by atoms with Gasteiger partial charge in [-0.25, -0.2) is 4.79 Å². The summed E-state index contributed by atoms with van der Waals surface area (Å²) in [6.07, 6.45) is 0. The number of methoxy groups -OCH3 is 1. The zero-order valence-electron chi connectivity index (χ0n) is 15.3. The predicted octanol–water partition coefficient (Wildman–Crippen LogP) is 5.24. The van der Waals surface area contributed by atoms with Gasteiger partial charge < -0.3 is 18.6 Å². The Balaban J connectivity index is 1.66. The SMILES string of the molecule is COc1ccccc1OC(=O)c1oc2ccccc2c1COc1ccccc1. The minimum Gasteiger partial charge on any atom is -0.493 e. The number of ether oxygens (including phenoxy) is 3. The van der Waals surface area contributed by atoms with E-state index in [0.29, 0.717) is 28.4 Å². The van der Waals surface area contributed by atoms with Crippen molar-refractivity contribution in [3.8, 4) is 17.2 Å². The fourth-order valence-electron chi connectivity index (χ4n) is 2.93. The minimum absolute atomic E-state index is 0.114. The monoisotopic (exact) mass is 374 g/mol. The van der Waals surface area contributed by atoms with Crippen LogP contribution < -0.4 is 14.2 Å². The van der Waals surface area contributed by atoms with Crippen molar-refractivity contribution >= 4 is 16.9 Å². The predicted molar refractivity (Wildman–Crippen MR) is 105 cm³/mol. The van der Waals surface area contributed by atoms with Crippen molar-refractivity contribution in [1.82, 2.24) is 0 Å². The summed E-state index contributed by atoms with van der Waals surface area (Å²) in [7, 11) is 1.52. The van der Waals surface area contributed by atoms with Gasteiger partial charge in [-0.2, -0.15) is 0 Å². The van der Waals surface area contributed by atoms with E-state index < -0.39 is 5.97 Å². The zero-order valence-corrected chi connectivity index (χ0v) is 15.3. The van der Waals surface area contributed by atoms with Crippen molar-refractivity contribution < 1.29 is 23.4 Å². The van der Waals surface area contributed by atoms with Gasteiger partial charge in [-0.15, -0.1) is 0 Å². The third-order valence-electron chi connectivity index (χ3n) is 4.28. The number of benzene rings is 3. The lowest BCUT2D eigenvalue weighted by Gasteiger charge is -2.09. The van der Waals surface area contributed by atoms with E-state index in [9.17, 15) is 4.79 Å². The zero-order chi connectivity index (χ0) is 19.3. The maximum atomic E-state index is 12.9. The highest BCUT2D eigenvalue weighted by Gasteiger charge is 2.23. The molecule has 3 aromatic carbocycles. The molecule has 0 fully saturated rings. The van der Waals surface area contributed by atoms with Gasteiger partial charge in [-0.3, -0.25) is 0 Å². The number of para-hydroxylation sites is 4. The van der Waals surface area contributed by atoms with E-state index in [1.807, 2.05) is 48.5 Å². The van der Waals surface area contributed by atoms with Crippen molar-refractivity contribution in [3.05, 3.63) is 90.2 Å². The van der Waals surface area contributed by atoms with Gasteiger partial charge in [-0.05, 0) is 30.3 Å². The van der Waals surface area contributed by atoms with E-state index in [-0.39, 0.29) is 12.4 Å². The Hall–Kier alpha value is -3.73. The lowest BCUT2D eigenvalue weighted by Crippen LogP contribution is -2.11. The molecule has 4 aromatic rings. The summed E-state index contributed by atoms with van der Waals surface area (Å²) in [5.41, 5.74) is 1.24. The topological polar surface area (TPSA) is 57.9 Å². The quantitative estimate of drug-likeness (QED) is 0.341. The normalized spacial score (nSPS) is 10.6. The molecule has 140 valence electrons. The first-order chi connectivity index (χ1) is 13.8. The van der Waals surface area contributed by atoms with Crippen LogP contribution in [0.25, 0.3) is 11.0 Å². The summed E-state index contributed by atoms with van der Waals surface area (Å²) < 4.78 is 22.4. The number of esters is 1. The fraction of sp³-hybridized carbons (Fsp3) is 0.0870. The highest BCUT2D eigenvalue weighted by molar-refractivity contribution is 5.97. The lowest BCUT2D eigenvalue weighted by molar-refractivity contribution is 0.0695. The second kappa shape index (κ2) is 7.88. The van der Waals surface area contributed by atoms with Crippen LogP contribution in [-0.2, 0) is 6.61 Å². The molecule has 0 aliphatic heterocycles. The summed E-state index contributed by atoms with van der Waals surface area (Å²) in [6.45, 7) is 0.178. The van der Waals surface area contributed by atoms with E-state index in [2.05, 4.69) is 0 Å². The van der Waals surface area contributed by atoms with Crippen LogP contribution >= 0.6 is 0 Å². The van der Waals surface area contributed by atoms with E-state index in [0.717, 1.165) is 5.39 Å². The Labute approximate surface area is 162 Å². The van der Waals surface area contributed by atoms with Crippen molar-refractivity contribution in [2.75, 3.05) is 7.11 Å². The van der Waals surface area contributed by atoms with E-state index >= 15 is 0 Å². The minimum atomic E-state index is -0.604. The molecule has 0 amide bonds. The summed E-state index contributed by atoms with van der Waals surface area (Å²) in [5.74, 6) is 1.01. The third-order valence-corrected chi connectivity index (χ3v) is 4.28. The van der Waals surface area contributed by atoms with Crippen LogP contribution in [0.15, 0.2) is 83.3 Å². The lowest BCUT2D eigenvalue weighted by atomic mass is 10.1. The van der Waals surface area contributed by atoms with Gasteiger partial charge >= 0.3 is 5.97 Å². The average Bonchev–Trinajstić information content (AvgIpc) is 3.12. The summed E-state index contributed by atoms with van der Waals surface area (Å²) in [6, 6.07) is 23.8. The van der Waals surface area contributed by atoms with Crippen LogP contribution in [0.3, 0.4) is 0 Å². The Morgan fingerprint density at radius 2 is 1.54 bits per heavy atom. The van der Waals surface area contributed by atoms with Gasteiger partial charge in [0.2, 0.25) is 5.76 Å². The van der Waals surface area contributed by atoms with Gasteiger partial charge in [0.15, 0.2) is 11.5 Å². The van der Waals surface area contributed by atoms with Crippen LogP contribution in [0.2, 0.25) is 0 Å². The van der Waals surface area contributed by atoms with Gasteiger partial charge in [0, 0.05) is 5.39 Å². The largest absolute Gasteiger partial charge is 0.493 e. The van der Waals surface area contributed by atoms with Gasteiger partial charge in [0.1, 0.15) is 17.9 Å². The molecule has 5 heteroatoms. The molecule has 0 aliphatic rings. The van der Waals surface area contributed by atoms with Gasteiger partial charge in [0.25, 0.3) is 0 Å². The van der Waals surface area contributed by atoms with Crippen LogP contribution in [0.1, 0.15) is 16.1 Å². The number of carbonyl (C=O) groups is 1. The highest BCUT2D eigenvalue weighted by atomic mass is 16.6. The number of hydrogen-bond donors (Lipinski definition) is 0. The summed E-state index contributed by atoms with van der Waals surface area (Å²) >= 11 is 0. The molecule has 0 saturated carbocycles. The number of hydrogen-bond acceptors (Lipinski definition) is 5. The van der Waals surface area contributed by atoms with Crippen LogP contribution in [0.4, 0.5) is 0 Å². The molecule has 5 nitrogen and oxygen atoms in total. The third kappa shape index (κ3) is 3.55. The molecule has 0 saturated heterocycles. The Morgan fingerprint density at radius 3 is 2.32 bits per heavy atom. The second-order valence-corrected chi connectivity index (χ2v) is 6.05. The molecule has 0 bridgehead atoms. The number of rotatable bonds is 6. The Bertz CT molecular complexity index is 1100. The standard InChI is InChI=1S/C23H18O5/c1-25-20-13-7-8-14-21(20)28-23(24)22-18(15-26-16-9-3-2-4-10-16)17-11-5-6-12-19(17)27-22/h2-14H,15H2,1H3. The first-order valence-electron chi connectivity index (χ1n) is 8.79. The van der Waals surface area contributed by atoms with Gasteiger partial charge in [-0.1, -0.05) is 48.5 Å². The molecule has 0 aliphatic carbocycles. The van der Waals surface area contributed by atoms with Crippen molar-refractivity contribution in [2.24, 2.45) is 0 Å². The number of furan rings is 1. The average molecular weight is 374 g/mol. The molecule has 0 radical (unpaired) electrons. The first kappa shape index (κ1) is 17.7. The summed E-state index contributed by atoms with van der Waals surface area (Å²) in [4.78, 5) is 12.9. The molecule has 1 heterocycles. The number of carbonyl (C=O) groups excluding carboxylic acids is 1. The van der Waals surface area contributed by atoms with Crippen LogP contribution in [0.5, 0.6) is 17.2 Å².